The van der Waals surface area contributed by atoms with E-state index in [1.54, 1.807) is 69.2 Å². The van der Waals surface area contributed by atoms with E-state index in [0.717, 1.165) is 9.80 Å². The molecule has 3 amide bonds. The molecule has 13 heteroatoms. The monoisotopic (exact) mass is 683 g/mol. The van der Waals surface area contributed by atoms with E-state index in [-0.39, 0.29) is 6.42 Å². The number of aliphatic hydroxyl groups is 1. The molecule has 0 bridgehead atoms. The van der Waals surface area contributed by atoms with Crippen LogP contribution in [-0.4, -0.2) is 119 Å². The zero-order valence-corrected chi connectivity index (χ0v) is 31.7. The van der Waals surface area contributed by atoms with Crippen molar-refractivity contribution in [1.82, 2.24) is 14.7 Å². The molecule has 1 N–H and O–H groups in total. The van der Waals surface area contributed by atoms with Crippen molar-refractivity contribution >= 4 is 35.6 Å². The van der Waals surface area contributed by atoms with E-state index >= 15 is 0 Å². The summed E-state index contributed by atoms with van der Waals surface area (Å²) in [6.45, 7) is 20.1. The van der Waals surface area contributed by atoms with Gasteiger partial charge in [-0.25, -0.2) is 14.4 Å². The molecule has 0 aromatic rings. The first-order valence-electron chi connectivity index (χ1n) is 17.1. The highest BCUT2D eigenvalue weighted by atomic mass is 16.6. The number of esters is 3. The number of amides is 3. The van der Waals surface area contributed by atoms with Crippen LogP contribution in [0.15, 0.2) is 0 Å². The third kappa shape index (κ3) is 9.69. The van der Waals surface area contributed by atoms with Crippen molar-refractivity contribution in [2.24, 2.45) is 29.6 Å². The van der Waals surface area contributed by atoms with Gasteiger partial charge in [0.2, 0.25) is 6.10 Å². The SMILES string of the molecule is CC[C@H](C)[C@H]1OC(=O)[C@H](C(C)C)N(C)C(=O)C([C@](C)(O)CC)OC(=O)[C@H](C(C)C)N(C)C(=O)[C@@H](C(C)C)OC(=O)[C@H](C(C)C)N(C)C1=O. The average Bonchev–Trinajstić information content (AvgIpc) is 2.98. The van der Waals surface area contributed by atoms with E-state index in [1.165, 1.54) is 33.0 Å². The van der Waals surface area contributed by atoms with Gasteiger partial charge in [0.05, 0.1) is 0 Å². The fourth-order valence-electron chi connectivity index (χ4n) is 5.93. The van der Waals surface area contributed by atoms with Crippen LogP contribution in [0.4, 0.5) is 0 Å². The summed E-state index contributed by atoms with van der Waals surface area (Å²) in [7, 11) is 4.15. The van der Waals surface area contributed by atoms with Gasteiger partial charge in [0.25, 0.3) is 17.7 Å². The van der Waals surface area contributed by atoms with Gasteiger partial charge in [0, 0.05) is 27.1 Å². The summed E-state index contributed by atoms with van der Waals surface area (Å²) in [5, 5.41) is 11.3. The van der Waals surface area contributed by atoms with Crippen molar-refractivity contribution in [3.05, 3.63) is 0 Å². The Morgan fingerprint density at radius 2 is 0.917 bits per heavy atom. The number of carbonyl (C=O) groups excluding carboxylic acids is 6. The first-order valence-corrected chi connectivity index (χ1v) is 17.1. The van der Waals surface area contributed by atoms with Gasteiger partial charge in [0.1, 0.15) is 23.7 Å². The van der Waals surface area contributed by atoms with Crippen LogP contribution < -0.4 is 0 Å². The van der Waals surface area contributed by atoms with Crippen LogP contribution in [0.1, 0.15) is 95.9 Å². The van der Waals surface area contributed by atoms with Crippen molar-refractivity contribution in [3.8, 4) is 0 Å². The standard InChI is InChI=1S/C35H61N3O10/c1-16-22(11)27-30(40)37(14)23(18(3)4)32(42)46-26(21(9)10)29(39)36(13)25(20(7)8)34(44)48-28(35(12,45)17-2)31(41)38(15)24(19(5)6)33(43)47-27/h18-28,45H,16-17H2,1-15H3/t22-,23-,24-,25-,26+,27+,28?,35+/m0/s1. The Kier molecular flexibility index (Phi) is 15.6. The molecule has 0 saturated carbocycles. The molecular weight excluding hydrogens is 622 g/mol. The molecule has 48 heavy (non-hydrogen) atoms. The van der Waals surface area contributed by atoms with Gasteiger partial charge < -0.3 is 34.0 Å². The first-order chi connectivity index (χ1) is 22.0. The fourth-order valence-corrected chi connectivity index (χ4v) is 5.93. The van der Waals surface area contributed by atoms with Crippen LogP contribution >= 0.6 is 0 Å². The average molecular weight is 684 g/mol. The minimum Gasteiger partial charge on any atom is -0.450 e. The van der Waals surface area contributed by atoms with Crippen LogP contribution in [0.5, 0.6) is 0 Å². The minimum absolute atomic E-state index is 0.00174. The lowest BCUT2D eigenvalue weighted by molar-refractivity contribution is -0.188. The van der Waals surface area contributed by atoms with E-state index in [9.17, 15) is 33.9 Å². The number of likely N-dealkylation sites (N-methyl/N-ethyl adjacent to an activating group) is 3. The van der Waals surface area contributed by atoms with Crippen molar-refractivity contribution in [2.75, 3.05) is 21.1 Å². The topological polar surface area (TPSA) is 160 Å². The van der Waals surface area contributed by atoms with Crippen LogP contribution in [0.3, 0.4) is 0 Å². The normalized spacial score (nSPS) is 28.4. The van der Waals surface area contributed by atoms with Crippen LogP contribution in [0.2, 0.25) is 0 Å². The Labute approximate surface area is 287 Å². The van der Waals surface area contributed by atoms with Gasteiger partial charge in [-0.1, -0.05) is 76.2 Å². The van der Waals surface area contributed by atoms with Crippen molar-refractivity contribution < 1.29 is 48.1 Å². The summed E-state index contributed by atoms with van der Waals surface area (Å²) in [6, 6.07) is -3.62. The van der Waals surface area contributed by atoms with Crippen molar-refractivity contribution in [1.29, 1.82) is 0 Å². The Hall–Kier alpha value is -3.22. The Morgan fingerprint density at radius 1 is 0.583 bits per heavy atom. The highest BCUT2D eigenvalue weighted by Crippen LogP contribution is 2.27. The Morgan fingerprint density at radius 3 is 1.25 bits per heavy atom. The molecule has 1 aliphatic heterocycles. The highest BCUT2D eigenvalue weighted by molar-refractivity contribution is 5.94. The van der Waals surface area contributed by atoms with Gasteiger partial charge in [-0.05, 0) is 43.4 Å². The maximum Gasteiger partial charge on any atom is 0.330 e. The summed E-state index contributed by atoms with van der Waals surface area (Å²) in [5.74, 6) is -7.36. The summed E-state index contributed by atoms with van der Waals surface area (Å²) in [4.78, 5) is 87.2. The lowest BCUT2D eigenvalue weighted by atomic mass is 9.92. The van der Waals surface area contributed by atoms with Crippen molar-refractivity contribution in [3.63, 3.8) is 0 Å². The predicted octanol–water partition coefficient (Wildman–Crippen LogP) is 3.05. The summed E-state index contributed by atoms with van der Waals surface area (Å²) in [6.07, 6.45) is -3.97. The molecule has 0 radical (unpaired) electrons. The van der Waals surface area contributed by atoms with E-state index < -0.39 is 107 Å². The van der Waals surface area contributed by atoms with Crippen molar-refractivity contribution in [2.45, 2.75) is 138 Å². The molecular formula is C35H61N3O10. The quantitative estimate of drug-likeness (QED) is 0.298. The summed E-state index contributed by atoms with van der Waals surface area (Å²) >= 11 is 0. The van der Waals surface area contributed by atoms with E-state index in [0.29, 0.717) is 6.42 Å². The zero-order chi connectivity index (χ0) is 37.6. The molecule has 0 aromatic heterocycles. The second kappa shape index (κ2) is 17.4. The molecule has 1 rings (SSSR count). The van der Waals surface area contributed by atoms with Crippen LogP contribution in [-0.2, 0) is 43.0 Å². The number of hydrogen-bond acceptors (Lipinski definition) is 10. The molecule has 0 aliphatic carbocycles. The minimum atomic E-state index is -1.86. The van der Waals surface area contributed by atoms with Gasteiger partial charge in [0.15, 0.2) is 12.2 Å². The first kappa shape index (κ1) is 42.8. The van der Waals surface area contributed by atoms with Crippen LogP contribution in [0.25, 0.3) is 0 Å². The molecule has 1 unspecified atom stereocenters. The molecule has 276 valence electrons. The molecule has 13 nitrogen and oxygen atoms in total. The molecule has 1 heterocycles. The molecule has 1 fully saturated rings. The van der Waals surface area contributed by atoms with Gasteiger partial charge in [-0.3, -0.25) is 14.4 Å². The fraction of sp³-hybridized carbons (Fsp3) is 0.829. The summed E-state index contributed by atoms with van der Waals surface area (Å²) < 4.78 is 17.5. The molecule has 0 aromatic carbocycles. The third-order valence-electron chi connectivity index (χ3n) is 9.39. The molecule has 1 aliphatic rings. The largest absolute Gasteiger partial charge is 0.450 e. The van der Waals surface area contributed by atoms with E-state index in [1.807, 2.05) is 6.92 Å². The molecule has 1 saturated heterocycles. The lowest BCUT2D eigenvalue weighted by Gasteiger charge is -2.40. The predicted molar refractivity (Wildman–Crippen MR) is 179 cm³/mol. The maximum absolute atomic E-state index is 14.1. The number of ether oxygens (including phenoxy) is 3. The second-order valence-electron chi connectivity index (χ2n) is 14.8. The lowest BCUT2D eigenvalue weighted by Crippen LogP contribution is -2.60. The number of hydrogen-bond donors (Lipinski definition) is 1. The number of rotatable bonds is 8. The van der Waals surface area contributed by atoms with Gasteiger partial charge >= 0.3 is 17.9 Å². The van der Waals surface area contributed by atoms with Gasteiger partial charge in [-0.2, -0.15) is 0 Å². The Bertz CT molecular complexity index is 1170. The number of cyclic esters (lactones) is 3. The smallest absolute Gasteiger partial charge is 0.330 e. The molecule has 0 spiro atoms. The third-order valence-corrected chi connectivity index (χ3v) is 9.39. The summed E-state index contributed by atoms with van der Waals surface area (Å²) in [5.41, 5.74) is -1.86. The highest BCUT2D eigenvalue weighted by Gasteiger charge is 2.48. The Balaban J connectivity index is 4.07. The maximum atomic E-state index is 14.1. The van der Waals surface area contributed by atoms with Gasteiger partial charge in [-0.15, -0.1) is 0 Å². The van der Waals surface area contributed by atoms with E-state index in [4.69, 9.17) is 14.2 Å². The zero-order valence-electron chi connectivity index (χ0n) is 31.7. The van der Waals surface area contributed by atoms with E-state index in [2.05, 4.69) is 0 Å². The molecule has 8 atom stereocenters. The number of nitrogens with zero attached hydrogens (tertiary/aromatic N) is 3. The number of carbonyl (C=O) groups is 6. The second-order valence-corrected chi connectivity index (χ2v) is 14.8. The van der Waals surface area contributed by atoms with Crippen LogP contribution in [0, 0.1) is 29.6 Å².